The standard InChI is InChI=1S/C11H20N2OS/c1-2-12-8-9-13(11(12)14)7-5-3-4-6-10-15/h8-9,15H,2-7,10H2,1H3. The Kier molecular flexibility index (Phi) is 5.61. The van der Waals surface area contributed by atoms with Crippen molar-refractivity contribution in [3.63, 3.8) is 0 Å². The predicted molar refractivity (Wildman–Crippen MR) is 66.7 cm³/mol. The number of rotatable bonds is 7. The summed E-state index contributed by atoms with van der Waals surface area (Å²) in [5.74, 6) is 0.964. The van der Waals surface area contributed by atoms with Gasteiger partial charge in [-0.3, -0.25) is 9.13 Å². The zero-order valence-electron chi connectivity index (χ0n) is 9.35. The van der Waals surface area contributed by atoms with Crippen LogP contribution in [-0.4, -0.2) is 14.9 Å². The van der Waals surface area contributed by atoms with Gasteiger partial charge in [0.1, 0.15) is 0 Å². The van der Waals surface area contributed by atoms with Gasteiger partial charge in [0.15, 0.2) is 0 Å². The Labute approximate surface area is 96.5 Å². The molecule has 0 bridgehead atoms. The second-order valence-corrected chi connectivity index (χ2v) is 4.15. The molecule has 86 valence electrons. The maximum atomic E-state index is 11.6. The third kappa shape index (κ3) is 3.78. The Bertz CT molecular complexity index is 330. The van der Waals surface area contributed by atoms with E-state index in [0.717, 1.165) is 25.3 Å². The normalized spacial score (nSPS) is 10.8. The van der Waals surface area contributed by atoms with Crippen molar-refractivity contribution in [3.8, 4) is 0 Å². The molecule has 3 nitrogen and oxygen atoms in total. The fraction of sp³-hybridized carbons (Fsp3) is 0.727. The van der Waals surface area contributed by atoms with E-state index in [2.05, 4.69) is 12.6 Å². The molecule has 0 spiro atoms. The SMILES string of the molecule is CCn1ccn(CCCCCCS)c1=O. The summed E-state index contributed by atoms with van der Waals surface area (Å²) in [6.45, 7) is 3.59. The second kappa shape index (κ2) is 6.77. The van der Waals surface area contributed by atoms with Crippen LogP contribution in [0.2, 0.25) is 0 Å². The third-order valence-corrected chi connectivity index (χ3v) is 2.88. The van der Waals surface area contributed by atoms with Gasteiger partial charge >= 0.3 is 5.69 Å². The monoisotopic (exact) mass is 228 g/mol. The molecule has 0 aliphatic heterocycles. The molecule has 0 unspecified atom stereocenters. The van der Waals surface area contributed by atoms with Gasteiger partial charge in [-0.1, -0.05) is 12.8 Å². The Balaban J connectivity index is 2.31. The largest absolute Gasteiger partial charge is 0.328 e. The van der Waals surface area contributed by atoms with E-state index in [4.69, 9.17) is 0 Å². The molecule has 0 aromatic carbocycles. The number of aryl methyl sites for hydroxylation is 2. The number of unbranched alkanes of at least 4 members (excludes halogenated alkanes) is 3. The summed E-state index contributed by atoms with van der Waals surface area (Å²) in [6, 6.07) is 0. The molecule has 0 aliphatic rings. The van der Waals surface area contributed by atoms with Crippen LogP contribution < -0.4 is 5.69 Å². The van der Waals surface area contributed by atoms with Crippen molar-refractivity contribution in [1.29, 1.82) is 0 Å². The van der Waals surface area contributed by atoms with E-state index in [1.807, 2.05) is 19.3 Å². The summed E-state index contributed by atoms with van der Waals surface area (Å²) < 4.78 is 3.53. The number of aromatic nitrogens is 2. The van der Waals surface area contributed by atoms with Gasteiger partial charge in [-0.15, -0.1) is 0 Å². The Hall–Kier alpha value is -0.640. The third-order valence-electron chi connectivity index (χ3n) is 2.57. The van der Waals surface area contributed by atoms with Gasteiger partial charge in [-0.25, -0.2) is 4.79 Å². The molecule has 0 fully saturated rings. The first kappa shape index (κ1) is 12.4. The smallest absolute Gasteiger partial charge is 0.300 e. The molecule has 0 radical (unpaired) electrons. The molecule has 0 aliphatic carbocycles. The van der Waals surface area contributed by atoms with Crippen molar-refractivity contribution in [2.24, 2.45) is 0 Å². The molecule has 0 atom stereocenters. The maximum Gasteiger partial charge on any atom is 0.328 e. The first-order chi connectivity index (χ1) is 7.29. The molecule has 1 rings (SSSR count). The minimum Gasteiger partial charge on any atom is -0.300 e. The average Bonchev–Trinajstić information content (AvgIpc) is 2.60. The van der Waals surface area contributed by atoms with Crippen molar-refractivity contribution in [1.82, 2.24) is 9.13 Å². The van der Waals surface area contributed by atoms with E-state index in [0.29, 0.717) is 0 Å². The molecular formula is C11H20N2OS. The highest BCUT2D eigenvalue weighted by atomic mass is 32.1. The summed E-state index contributed by atoms with van der Waals surface area (Å²) in [4.78, 5) is 11.6. The number of imidazole rings is 1. The van der Waals surface area contributed by atoms with Gasteiger partial charge < -0.3 is 0 Å². The summed E-state index contributed by atoms with van der Waals surface area (Å²) in [5, 5.41) is 0. The molecule has 4 heteroatoms. The topological polar surface area (TPSA) is 26.9 Å². The predicted octanol–water partition coefficient (Wildman–Crippen LogP) is 2.16. The minimum absolute atomic E-state index is 0.117. The van der Waals surface area contributed by atoms with Gasteiger partial charge in [-0.2, -0.15) is 12.6 Å². The summed E-state index contributed by atoms with van der Waals surface area (Å²) in [5.41, 5.74) is 0.117. The van der Waals surface area contributed by atoms with Crippen molar-refractivity contribution in [3.05, 3.63) is 22.9 Å². The highest BCUT2D eigenvalue weighted by Gasteiger charge is 2.00. The average molecular weight is 228 g/mol. The first-order valence-corrected chi connectivity index (χ1v) is 6.29. The maximum absolute atomic E-state index is 11.6. The van der Waals surface area contributed by atoms with Crippen molar-refractivity contribution in [2.45, 2.75) is 45.7 Å². The fourth-order valence-electron chi connectivity index (χ4n) is 1.61. The highest BCUT2D eigenvalue weighted by molar-refractivity contribution is 7.80. The van der Waals surface area contributed by atoms with Crippen LogP contribution in [0, 0.1) is 0 Å². The van der Waals surface area contributed by atoms with Gasteiger partial charge in [-0.05, 0) is 25.5 Å². The quantitative estimate of drug-likeness (QED) is 0.562. The lowest BCUT2D eigenvalue weighted by Crippen LogP contribution is -2.23. The van der Waals surface area contributed by atoms with Crippen LogP contribution in [0.3, 0.4) is 0 Å². The van der Waals surface area contributed by atoms with Crippen molar-refractivity contribution in [2.75, 3.05) is 5.75 Å². The lowest BCUT2D eigenvalue weighted by Gasteiger charge is -2.01. The molecule has 0 amide bonds. The minimum atomic E-state index is 0.117. The van der Waals surface area contributed by atoms with E-state index in [1.165, 1.54) is 19.3 Å². The number of thiol groups is 1. The van der Waals surface area contributed by atoms with Crippen molar-refractivity contribution >= 4 is 12.6 Å². The van der Waals surface area contributed by atoms with Crippen LogP contribution in [-0.2, 0) is 13.1 Å². The van der Waals surface area contributed by atoms with Gasteiger partial charge in [0.05, 0.1) is 0 Å². The highest BCUT2D eigenvalue weighted by Crippen LogP contribution is 2.02. The fourth-order valence-corrected chi connectivity index (χ4v) is 1.84. The van der Waals surface area contributed by atoms with Crippen LogP contribution in [0.4, 0.5) is 0 Å². The summed E-state index contributed by atoms with van der Waals surface area (Å²) >= 11 is 4.17. The zero-order chi connectivity index (χ0) is 11.1. The van der Waals surface area contributed by atoms with Crippen molar-refractivity contribution < 1.29 is 0 Å². The van der Waals surface area contributed by atoms with Crippen LogP contribution in [0.15, 0.2) is 17.2 Å². The van der Waals surface area contributed by atoms with Crippen LogP contribution in [0.1, 0.15) is 32.6 Å². The summed E-state index contributed by atoms with van der Waals surface area (Å²) in [6.07, 6.45) is 8.40. The molecule has 0 saturated heterocycles. The first-order valence-electron chi connectivity index (χ1n) is 5.66. The van der Waals surface area contributed by atoms with E-state index in [9.17, 15) is 4.79 Å². The van der Waals surface area contributed by atoms with Crippen LogP contribution in [0.25, 0.3) is 0 Å². The lowest BCUT2D eigenvalue weighted by molar-refractivity contribution is 0.559. The van der Waals surface area contributed by atoms with Crippen LogP contribution in [0.5, 0.6) is 0 Å². The lowest BCUT2D eigenvalue weighted by atomic mass is 10.2. The Morgan fingerprint density at radius 3 is 2.40 bits per heavy atom. The Morgan fingerprint density at radius 1 is 1.13 bits per heavy atom. The number of hydrogen-bond donors (Lipinski definition) is 1. The number of nitrogens with zero attached hydrogens (tertiary/aromatic N) is 2. The molecule has 1 aromatic heterocycles. The van der Waals surface area contributed by atoms with E-state index in [1.54, 1.807) is 9.13 Å². The zero-order valence-corrected chi connectivity index (χ0v) is 10.2. The molecule has 15 heavy (non-hydrogen) atoms. The molecule has 1 aromatic rings. The van der Waals surface area contributed by atoms with Gasteiger partial charge in [0.2, 0.25) is 0 Å². The molecule has 0 N–H and O–H groups in total. The molecule has 0 saturated carbocycles. The Morgan fingerprint density at radius 2 is 1.80 bits per heavy atom. The van der Waals surface area contributed by atoms with Gasteiger partial charge in [0.25, 0.3) is 0 Å². The molecule has 1 heterocycles. The summed E-state index contributed by atoms with van der Waals surface area (Å²) in [7, 11) is 0. The molecular weight excluding hydrogens is 208 g/mol. The second-order valence-electron chi connectivity index (χ2n) is 3.70. The van der Waals surface area contributed by atoms with E-state index < -0.39 is 0 Å². The van der Waals surface area contributed by atoms with Crippen LogP contribution >= 0.6 is 12.6 Å². The van der Waals surface area contributed by atoms with E-state index >= 15 is 0 Å². The van der Waals surface area contributed by atoms with E-state index in [-0.39, 0.29) is 5.69 Å². The number of hydrogen-bond acceptors (Lipinski definition) is 2. The van der Waals surface area contributed by atoms with Gasteiger partial charge in [0, 0.05) is 25.5 Å².